The summed E-state index contributed by atoms with van der Waals surface area (Å²) < 4.78 is 17.2. The van der Waals surface area contributed by atoms with Gasteiger partial charge in [-0.25, -0.2) is 4.79 Å². The number of hydrogen-bond donors (Lipinski definition) is 1. The van der Waals surface area contributed by atoms with Gasteiger partial charge in [0.05, 0.1) is 7.11 Å². The molecular formula is C19H16ClNO5. The Balaban J connectivity index is 0.00000196. The molecule has 1 aliphatic heterocycles. The molecule has 1 aromatic heterocycles. The molecule has 0 radical (unpaired) electrons. The first-order valence-corrected chi connectivity index (χ1v) is 7.78. The minimum Gasteiger partial charge on any atom is -1.00 e. The van der Waals surface area contributed by atoms with E-state index in [1.807, 2.05) is 42.6 Å². The Bertz CT molecular complexity index is 989. The van der Waals surface area contributed by atoms with Crippen molar-refractivity contribution in [1.82, 2.24) is 0 Å². The van der Waals surface area contributed by atoms with Gasteiger partial charge in [0, 0.05) is 16.3 Å². The summed E-state index contributed by atoms with van der Waals surface area (Å²) in [4.78, 5) is 12.2. The van der Waals surface area contributed by atoms with Crippen LogP contribution in [-0.2, 0) is 11.3 Å². The zero-order chi connectivity index (χ0) is 17.4. The van der Waals surface area contributed by atoms with Crippen molar-refractivity contribution in [1.29, 1.82) is 0 Å². The second kappa shape index (κ2) is 7.09. The van der Waals surface area contributed by atoms with Crippen LogP contribution in [0.4, 0.5) is 0 Å². The Morgan fingerprint density at radius 1 is 1.19 bits per heavy atom. The van der Waals surface area contributed by atoms with Gasteiger partial charge < -0.3 is 31.7 Å². The summed E-state index contributed by atoms with van der Waals surface area (Å²) in [6.07, 6.45) is 1.83. The van der Waals surface area contributed by atoms with Crippen LogP contribution < -0.4 is 26.4 Å². The summed E-state index contributed by atoms with van der Waals surface area (Å²) in [6.45, 7) is 0.579. The Hall–Kier alpha value is -2.99. The second-order valence-corrected chi connectivity index (χ2v) is 5.72. The van der Waals surface area contributed by atoms with Gasteiger partial charge in [-0.05, 0) is 24.3 Å². The van der Waals surface area contributed by atoms with Crippen LogP contribution in [0.2, 0.25) is 0 Å². The molecule has 4 rings (SSSR count). The number of fused-ring (bicyclic) bond motifs is 2. The van der Waals surface area contributed by atoms with Gasteiger partial charge in [0.1, 0.15) is 0 Å². The molecule has 0 bridgehead atoms. The summed E-state index contributed by atoms with van der Waals surface area (Å²) in [7, 11) is 1.29. The standard InChI is InChI=1S/C19H15NO5.ClH/c1-23-19(22)17-18(21)14-5-3-2-4-13(14)10-20(17)9-12-6-7-15-16(8-12)25-11-24-15;/h2-8,10H,9,11H2,1H3;1H. The molecule has 0 fully saturated rings. The SMILES string of the molecule is COC(=O)c1c(O)c2ccccc2c[n+]1Cc1ccc2c(c1)OCO2.[Cl-]. The van der Waals surface area contributed by atoms with Crippen molar-refractivity contribution in [3.63, 3.8) is 0 Å². The van der Waals surface area contributed by atoms with Crippen molar-refractivity contribution in [2.75, 3.05) is 13.9 Å². The quantitative estimate of drug-likeness (QED) is 0.490. The Morgan fingerprint density at radius 2 is 1.96 bits per heavy atom. The van der Waals surface area contributed by atoms with E-state index < -0.39 is 5.97 Å². The fourth-order valence-corrected chi connectivity index (χ4v) is 2.99. The maximum Gasteiger partial charge on any atom is 0.407 e. The van der Waals surface area contributed by atoms with Crippen molar-refractivity contribution >= 4 is 16.7 Å². The summed E-state index contributed by atoms with van der Waals surface area (Å²) in [5, 5.41) is 12.0. The van der Waals surface area contributed by atoms with Crippen LogP contribution in [0, 0.1) is 0 Å². The van der Waals surface area contributed by atoms with E-state index in [-0.39, 0.29) is 30.6 Å². The lowest BCUT2D eigenvalue weighted by atomic mass is 10.1. The lowest BCUT2D eigenvalue weighted by Crippen LogP contribution is -3.00. The van der Waals surface area contributed by atoms with E-state index in [9.17, 15) is 9.90 Å². The number of pyridine rings is 1. The van der Waals surface area contributed by atoms with Crippen LogP contribution in [0.15, 0.2) is 48.7 Å². The van der Waals surface area contributed by atoms with Crippen LogP contribution in [0.5, 0.6) is 17.2 Å². The van der Waals surface area contributed by atoms with Crippen LogP contribution in [-0.4, -0.2) is 25.0 Å². The van der Waals surface area contributed by atoms with Gasteiger partial charge in [-0.1, -0.05) is 18.2 Å². The van der Waals surface area contributed by atoms with Crippen molar-refractivity contribution in [3.8, 4) is 17.2 Å². The molecule has 26 heavy (non-hydrogen) atoms. The smallest absolute Gasteiger partial charge is 0.407 e. The Kier molecular flexibility index (Phi) is 4.86. The molecule has 7 heteroatoms. The fraction of sp³-hybridized carbons (Fsp3) is 0.158. The maximum atomic E-state index is 12.2. The van der Waals surface area contributed by atoms with E-state index in [0.717, 1.165) is 10.9 Å². The van der Waals surface area contributed by atoms with Gasteiger partial charge in [-0.3, -0.25) is 0 Å². The first-order chi connectivity index (χ1) is 12.2. The molecule has 0 aliphatic carbocycles. The highest BCUT2D eigenvalue weighted by Gasteiger charge is 2.28. The molecular weight excluding hydrogens is 358 g/mol. The van der Waals surface area contributed by atoms with Gasteiger partial charge in [-0.2, -0.15) is 4.57 Å². The molecule has 134 valence electrons. The van der Waals surface area contributed by atoms with Crippen molar-refractivity contribution in [3.05, 3.63) is 59.9 Å². The summed E-state index contributed by atoms with van der Waals surface area (Å²) in [6, 6.07) is 12.9. The average molecular weight is 374 g/mol. The molecule has 0 unspecified atom stereocenters. The third kappa shape index (κ3) is 2.99. The van der Waals surface area contributed by atoms with Gasteiger partial charge >= 0.3 is 11.7 Å². The molecule has 3 aromatic rings. The lowest BCUT2D eigenvalue weighted by molar-refractivity contribution is -0.689. The molecule has 1 aliphatic rings. The van der Waals surface area contributed by atoms with E-state index in [4.69, 9.17) is 14.2 Å². The predicted molar refractivity (Wildman–Crippen MR) is 88.8 cm³/mol. The normalized spacial score (nSPS) is 11.9. The third-order valence-corrected chi connectivity index (χ3v) is 4.19. The Labute approximate surface area is 156 Å². The van der Waals surface area contributed by atoms with Crippen LogP contribution >= 0.6 is 0 Å². The zero-order valence-corrected chi connectivity index (χ0v) is 14.7. The maximum absolute atomic E-state index is 12.2. The summed E-state index contributed by atoms with van der Waals surface area (Å²) in [5.41, 5.74) is 1.02. The predicted octanol–water partition coefficient (Wildman–Crippen LogP) is -0.599. The van der Waals surface area contributed by atoms with E-state index in [1.165, 1.54) is 7.11 Å². The first-order valence-electron chi connectivity index (χ1n) is 7.78. The number of esters is 1. The number of methoxy groups -OCH3 is 1. The van der Waals surface area contributed by atoms with Crippen molar-refractivity contribution in [2.45, 2.75) is 6.54 Å². The summed E-state index contributed by atoms with van der Waals surface area (Å²) >= 11 is 0. The second-order valence-electron chi connectivity index (χ2n) is 5.72. The molecule has 0 saturated heterocycles. The highest BCUT2D eigenvalue weighted by Crippen LogP contribution is 2.33. The van der Waals surface area contributed by atoms with Crippen LogP contribution in [0.3, 0.4) is 0 Å². The van der Waals surface area contributed by atoms with E-state index >= 15 is 0 Å². The number of nitrogens with zero attached hydrogens (tertiary/aromatic N) is 1. The number of benzene rings is 2. The van der Waals surface area contributed by atoms with E-state index in [1.54, 1.807) is 10.6 Å². The van der Waals surface area contributed by atoms with Crippen molar-refractivity contribution in [2.24, 2.45) is 0 Å². The fourth-order valence-electron chi connectivity index (χ4n) is 2.99. The number of aromatic nitrogens is 1. The van der Waals surface area contributed by atoms with Crippen molar-refractivity contribution < 1.29 is 41.1 Å². The summed E-state index contributed by atoms with van der Waals surface area (Å²) in [5.74, 6) is 0.681. The average Bonchev–Trinajstić information content (AvgIpc) is 3.09. The molecule has 0 saturated carbocycles. The van der Waals surface area contributed by atoms with Gasteiger partial charge in [-0.15, -0.1) is 0 Å². The third-order valence-electron chi connectivity index (χ3n) is 4.19. The minimum atomic E-state index is -0.594. The molecule has 1 N–H and O–H groups in total. The van der Waals surface area contributed by atoms with Gasteiger partial charge in [0.2, 0.25) is 12.5 Å². The van der Waals surface area contributed by atoms with E-state index in [2.05, 4.69) is 0 Å². The number of halogens is 1. The van der Waals surface area contributed by atoms with Gasteiger partial charge in [0.15, 0.2) is 24.2 Å². The van der Waals surface area contributed by atoms with Crippen LogP contribution in [0.25, 0.3) is 10.8 Å². The zero-order valence-electron chi connectivity index (χ0n) is 13.9. The molecule has 2 heterocycles. The van der Waals surface area contributed by atoms with Crippen LogP contribution in [0.1, 0.15) is 16.1 Å². The molecule has 0 atom stereocenters. The Morgan fingerprint density at radius 3 is 2.77 bits per heavy atom. The highest BCUT2D eigenvalue weighted by molar-refractivity contribution is 5.97. The molecule has 2 aromatic carbocycles. The monoisotopic (exact) mass is 373 g/mol. The molecule has 6 nitrogen and oxygen atoms in total. The minimum absolute atomic E-state index is 0. The van der Waals surface area contributed by atoms with Gasteiger partial charge in [0.25, 0.3) is 0 Å². The number of carbonyl (C=O) groups is 1. The molecule has 0 amide bonds. The highest BCUT2D eigenvalue weighted by atomic mass is 35.5. The number of hydrogen-bond acceptors (Lipinski definition) is 5. The number of carbonyl (C=O) groups excluding carboxylic acids is 1. The van der Waals surface area contributed by atoms with E-state index in [0.29, 0.717) is 23.4 Å². The molecule has 0 spiro atoms. The topological polar surface area (TPSA) is 68.9 Å². The number of aromatic hydroxyl groups is 1. The lowest BCUT2D eigenvalue weighted by Gasteiger charge is -2.08. The first kappa shape index (κ1) is 17.8. The number of rotatable bonds is 3. The largest absolute Gasteiger partial charge is 1.00 e. The number of ether oxygens (including phenoxy) is 3.